The van der Waals surface area contributed by atoms with E-state index in [0.717, 1.165) is 11.3 Å². The summed E-state index contributed by atoms with van der Waals surface area (Å²) in [6.45, 7) is 0. The molecule has 4 aromatic heterocycles. The number of pyridine rings is 1. The van der Waals surface area contributed by atoms with E-state index in [1.807, 2.05) is 12.3 Å². The minimum absolute atomic E-state index is 0.984. The Morgan fingerprint density at radius 1 is 0.447 bits per heavy atom. The minimum Gasteiger partial charge on any atom is -0.308 e. The van der Waals surface area contributed by atoms with E-state index in [9.17, 15) is 0 Å². The molecule has 0 aliphatic carbocycles. The Morgan fingerprint density at radius 2 is 1.08 bits per heavy atom. The molecule has 0 radical (unpaired) electrons. The lowest BCUT2D eigenvalue weighted by atomic mass is 10.00. The van der Waals surface area contributed by atoms with Crippen LogP contribution in [0.4, 0.5) is 0 Å². The Kier molecular flexibility index (Phi) is 3.79. The summed E-state index contributed by atoms with van der Waals surface area (Å²) in [7, 11) is 0. The van der Waals surface area contributed by atoms with Crippen LogP contribution in [0.25, 0.3) is 76.8 Å². The van der Waals surface area contributed by atoms with Crippen molar-refractivity contribution in [2.24, 2.45) is 0 Å². The van der Waals surface area contributed by atoms with E-state index in [1.54, 1.807) is 0 Å². The van der Waals surface area contributed by atoms with Gasteiger partial charge in [0.05, 0.1) is 22.1 Å². The smallest absolute Gasteiger partial charge is 0.145 e. The van der Waals surface area contributed by atoms with E-state index >= 15 is 0 Å². The molecular weight excluding hydrogens is 462 g/mol. The van der Waals surface area contributed by atoms with Crippen LogP contribution in [0.1, 0.15) is 0 Å². The van der Waals surface area contributed by atoms with Crippen molar-refractivity contribution < 1.29 is 0 Å². The molecule has 0 aliphatic rings. The molecule has 3 nitrogen and oxygen atoms in total. The molecule has 0 saturated carbocycles. The van der Waals surface area contributed by atoms with Crippen LogP contribution in [0.15, 0.2) is 128 Å². The maximum Gasteiger partial charge on any atom is 0.145 e. The first-order chi connectivity index (χ1) is 18.9. The molecule has 3 heteroatoms. The molecule has 0 spiro atoms. The third kappa shape index (κ3) is 2.50. The molecule has 5 aromatic carbocycles. The average Bonchev–Trinajstić information content (AvgIpc) is 3.62. The molecule has 0 bridgehead atoms. The highest BCUT2D eigenvalue weighted by Gasteiger charge is 2.18. The Morgan fingerprint density at radius 3 is 1.92 bits per heavy atom. The zero-order chi connectivity index (χ0) is 24.8. The number of hydrogen-bond donors (Lipinski definition) is 0. The van der Waals surface area contributed by atoms with Gasteiger partial charge in [0.2, 0.25) is 0 Å². The molecule has 0 fully saturated rings. The first kappa shape index (κ1) is 20.0. The third-order valence-corrected chi connectivity index (χ3v) is 8.10. The van der Waals surface area contributed by atoms with E-state index in [0.29, 0.717) is 0 Å². The Hall–Kier alpha value is -5.15. The fraction of sp³-hybridized carbons (Fsp3) is 0. The summed E-state index contributed by atoms with van der Waals surface area (Å²) in [5.74, 6) is 0. The van der Waals surface area contributed by atoms with Crippen LogP contribution in [-0.4, -0.2) is 14.0 Å². The van der Waals surface area contributed by atoms with E-state index in [-0.39, 0.29) is 0 Å². The zero-order valence-electron chi connectivity index (χ0n) is 20.5. The van der Waals surface area contributed by atoms with Crippen molar-refractivity contribution in [3.05, 3.63) is 128 Å². The molecule has 176 valence electrons. The molecule has 0 aliphatic heterocycles. The van der Waals surface area contributed by atoms with Gasteiger partial charge in [0.1, 0.15) is 5.65 Å². The standard InChI is InChI=1S/C35H21N3/c1-2-8-24(9-3-1)37-32-17-15-23(21-30(32)28-13-7-19-36-35(28)37)22-16-18-33-29(20-22)27-12-6-11-26-25-10-4-5-14-31(25)38(33)34(26)27/h1-21H. The van der Waals surface area contributed by atoms with Gasteiger partial charge < -0.3 is 4.40 Å². The molecule has 9 aromatic rings. The Balaban J connectivity index is 1.31. The van der Waals surface area contributed by atoms with Crippen LogP contribution in [-0.2, 0) is 0 Å². The normalized spacial score (nSPS) is 12.2. The van der Waals surface area contributed by atoms with Crippen molar-refractivity contribution in [3.63, 3.8) is 0 Å². The van der Waals surface area contributed by atoms with E-state index < -0.39 is 0 Å². The molecule has 0 unspecified atom stereocenters. The zero-order valence-corrected chi connectivity index (χ0v) is 20.5. The van der Waals surface area contributed by atoms with Gasteiger partial charge in [0.15, 0.2) is 0 Å². The second kappa shape index (κ2) is 7.21. The number of para-hydroxylation sites is 3. The topological polar surface area (TPSA) is 22.2 Å². The Bertz CT molecular complexity index is 2340. The van der Waals surface area contributed by atoms with Crippen molar-refractivity contribution in [2.75, 3.05) is 0 Å². The van der Waals surface area contributed by atoms with Gasteiger partial charge in [-0.3, -0.25) is 4.57 Å². The highest BCUT2D eigenvalue weighted by atomic mass is 15.0. The molecule has 0 atom stereocenters. The van der Waals surface area contributed by atoms with Crippen LogP contribution >= 0.6 is 0 Å². The van der Waals surface area contributed by atoms with Gasteiger partial charge >= 0.3 is 0 Å². The van der Waals surface area contributed by atoms with Crippen molar-refractivity contribution >= 4 is 60.0 Å². The summed E-state index contributed by atoms with van der Waals surface area (Å²) < 4.78 is 4.69. The van der Waals surface area contributed by atoms with Crippen molar-refractivity contribution in [1.82, 2.24) is 14.0 Å². The summed E-state index contributed by atoms with van der Waals surface area (Å²) in [4.78, 5) is 4.77. The maximum atomic E-state index is 4.77. The second-order valence-corrected chi connectivity index (χ2v) is 10.1. The van der Waals surface area contributed by atoms with Crippen LogP contribution in [0.5, 0.6) is 0 Å². The third-order valence-electron chi connectivity index (χ3n) is 8.10. The average molecular weight is 484 g/mol. The summed E-state index contributed by atoms with van der Waals surface area (Å²) in [5.41, 5.74) is 9.55. The molecule has 38 heavy (non-hydrogen) atoms. The fourth-order valence-electron chi connectivity index (χ4n) is 6.48. The van der Waals surface area contributed by atoms with Crippen molar-refractivity contribution in [1.29, 1.82) is 0 Å². The lowest BCUT2D eigenvalue weighted by molar-refractivity contribution is 1.14. The van der Waals surface area contributed by atoms with Crippen molar-refractivity contribution in [2.45, 2.75) is 0 Å². The lowest BCUT2D eigenvalue weighted by Crippen LogP contribution is -1.94. The van der Waals surface area contributed by atoms with Crippen LogP contribution in [0, 0.1) is 0 Å². The summed E-state index contributed by atoms with van der Waals surface area (Å²) >= 11 is 0. The number of hydrogen-bond acceptors (Lipinski definition) is 1. The fourth-order valence-corrected chi connectivity index (χ4v) is 6.48. The molecule has 0 saturated heterocycles. The van der Waals surface area contributed by atoms with E-state index in [1.165, 1.54) is 65.5 Å². The van der Waals surface area contributed by atoms with Gasteiger partial charge in [-0.15, -0.1) is 0 Å². The number of benzene rings is 5. The van der Waals surface area contributed by atoms with E-state index in [2.05, 4.69) is 124 Å². The first-order valence-corrected chi connectivity index (χ1v) is 13.0. The number of nitrogens with zero attached hydrogens (tertiary/aromatic N) is 3. The minimum atomic E-state index is 0.984. The SMILES string of the molecule is c1ccc(-n2c3ccc(-c4ccc5c(c4)c4cccc6c7ccccc7n5c64)cc3c3cccnc32)cc1. The summed E-state index contributed by atoms with van der Waals surface area (Å²) in [5, 5.41) is 7.62. The van der Waals surface area contributed by atoms with Crippen LogP contribution < -0.4 is 0 Å². The van der Waals surface area contributed by atoms with Gasteiger partial charge in [0.25, 0.3) is 0 Å². The summed E-state index contributed by atoms with van der Waals surface area (Å²) in [6, 6.07) is 43.8. The highest BCUT2D eigenvalue weighted by molar-refractivity contribution is 6.23. The molecule has 0 amide bonds. The first-order valence-electron chi connectivity index (χ1n) is 13.0. The van der Waals surface area contributed by atoms with Gasteiger partial charge in [-0.25, -0.2) is 4.98 Å². The molecule has 9 rings (SSSR count). The van der Waals surface area contributed by atoms with Gasteiger partial charge in [-0.05, 0) is 65.7 Å². The predicted molar refractivity (Wildman–Crippen MR) is 159 cm³/mol. The molecule has 4 heterocycles. The quantitative estimate of drug-likeness (QED) is 0.240. The van der Waals surface area contributed by atoms with Crippen molar-refractivity contribution in [3.8, 4) is 16.8 Å². The monoisotopic (exact) mass is 483 g/mol. The number of aromatic nitrogens is 3. The van der Waals surface area contributed by atoms with Crippen LogP contribution in [0.2, 0.25) is 0 Å². The van der Waals surface area contributed by atoms with Gasteiger partial charge in [-0.2, -0.15) is 0 Å². The molecule has 0 N–H and O–H groups in total. The maximum absolute atomic E-state index is 4.77. The second-order valence-electron chi connectivity index (χ2n) is 10.1. The number of fused-ring (bicyclic) bond motifs is 9. The van der Waals surface area contributed by atoms with Gasteiger partial charge in [-0.1, -0.05) is 66.7 Å². The van der Waals surface area contributed by atoms with Crippen LogP contribution in [0.3, 0.4) is 0 Å². The lowest BCUT2D eigenvalue weighted by Gasteiger charge is -2.08. The van der Waals surface area contributed by atoms with E-state index in [4.69, 9.17) is 4.98 Å². The Labute approximate surface area is 218 Å². The molecular formula is C35H21N3. The summed E-state index contributed by atoms with van der Waals surface area (Å²) in [6.07, 6.45) is 1.88. The highest BCUT2D eigenvalue weighted by Crippen LogP contribution is 2.41. The van der Waals surface area contributed by atoms with Gasteiger partial charge in [0, 0.05) is 44.2 Å². The predicted octanol–water partition coefficient (Wildman–Crippen LogP) is 9.00. The number of rotatable bonds is 2. The largest absolute Gasteiger partial charge is 0.308 e.